The van der Waals surface area contributed by atoms with Gasteiger partial charge in [-0.3, -0.25) is 19.8 Å². The normalized spacial score (nSPS) is 17.8. The minimum Gasteiger partial charge on any atom is -0.340 e. The van der Waals surface area contributed by atoms with Gasteiger partial charge in [-0.1, -0.05) is 12.1 Å². The summed E-state index contributed by atoms with van der Waals surface area (Å²) in [6.07, 6.45) is 0. The first kappa shape index (κ1) is 14.5. The summed E-state index contributed by atoms with van der Waals surface area (Å²) in [5.74, 6) is 0.104. The lowest BCUT2D eigenvalue weighted by atomic mass is 10.1. The Morgan fingerprint density at radius 2 is 1.95 bits per heavy atom. The third-order valence-corrected chi connectivity index (χ3v) is 3.87. The Balaban J connectivity index is 2.05. The summed E-state index contributed by atoms with van der Waals surface area (Å²) in [6, 6.07) is 6.88. The highest BCUT2D eigenvalue weighted by Gasteiger charge is 2.23. The quantitative estimate of drug-likeness (QED) is 0.624. The average molecular weight is 277 g/mol. The first-order valence-corrected chi connectivity index (χ1v) is 6.73. The van der Waals surface area contributed by atoms with Gasteiger partial charge in [-0.15, -0.1) is 0 Å². The number of nitro groups is 1. The summed E-state index contributed by atoms with van der Waals surface area (Å²) in [7, 11) is 0. The number of non-ortho nitro benzene ring substituents is 1. The van der Waals surface area contributed by atoms with Gasteiger partial charge in [0.05, 0.1) is 4.92 Å². The summed E-state index contributed by atoms with van der Waals surface area (Å²) in [5, 5.41) is 10.8. The molecular weight excluding hydrogens is 258 g/mol. The summed E-state index contributed by atoms with van der Waals surface area (Å²) in [4.78, 5) is 25.8. The van der Waals surface area contributed by atoms with Crippen LogP contribution < -0.4 is 0 Å². The molecule has 1 unspecified atom stereocenters. The van der Waals surface area contributed by atoms with Crippen LogP contribution in [0.5, 0.6) is 0 Å². The highest BCUT2D eigenvalue weighted by Crippen LogP contribution is 2.24. The maximum atomic E-state index is 11.3. The van der Waals surface area contributed by atoms with Crippen LogP contribution in [0.25, 0.3) is 0 Å². The number of rotatable bonds is 3. The molecule has 0 aromatic heterocycles. The molecule has 1 aliphatic rings. The van der Waals surface area contributed by atoms with E-state index in [9.17, 15) is 14.9 Å². The smallest absolute Gasteiger partial charge is 0.269 e. The van der Waals surface area contributed by atoms with Gasteiger partial charge in [0, 0.05) is 51.3 Å². The lowest BCUT2D eigenvalue weighted by Crippen LogP contribution is -2.48. The standard InChI is InChI=1S/C14H19N3O3/c1-11(13-4-3-5-14(10-13)17(19)20)15-6-8-16(9-7-15)12(2)18/h3-5,10-11H,6-9H2,1-2H3. The van der Waals surface area contributed by atoms with E-state index in [4.69, 9.17) is 0 Å². The van der Waals surface area contributed by atoms with Crippen molar-refractivity contribution in [2.45, 2.75) is 19.9 Å². The van der Waals surface area contributed by atoms with E-state index in [2.05, 4.69) is 4.90 Å². The van der Waals surface area contributed by atoms with Crippen LogP contribution in [-0.4, -0.2) is 46.8 Å². The van der Waals surface area contributed by atoms with Crippen molar-refractivity contribution < 1.29 is 9.72 Å². The summed E-state index contributed by atoms with van der Waals surface area (Å²) in [6.45, 7) is 6.65. The van der Waals surface area contributed by atoms with Crippen molar-refractivity contribution in [3.63, 3.8) is 0 Å². The zero-order chi connectivity index (χ0) is 14.7. The maximum absolute atomic E-state index is 11.3. The van der Waals surface area contributed by atoms with Crippen molar-refractivity contribution in [2.24, 2.45) is 0 Å². The Labute approximate surface area is 118 Å². The van der Waals surface area contributed by atoms with E-state index in [0.717, 1.165) is 18.7 Å². The average Bonchev–Trinajstić information content (AvgIpc) is 2.46. The maximum Gasteiger partial charge on any atom is 0.269 e. The fraction of sp³-hybridized carbons (Fsp3) is 0.500. The van der Waals surface area contributed by atoms with Crippen LogP contribution in [0.15, 0.2) is 24.3 Å². The number of carbonyl (C=O) groups is 1. The molecule has 1 aliphatic heterocycles. The molecule has 2 rings (SSSR count). The molecule has 1 heterocycles. The third kappa shape index (κ3) is 3.14. The minimum absolute atomic E-state index is 0.104. The van der Waals surface area contributed by atoms with Crippen LogP contribution in [0.1, 0.15) is 25.5 Å². The van der Waals surface area contributed by atoms with Crippen molar-refractivity contribution >= 4 is 11.6 Å². The van der Waals surface area contributed by atoms with Gasteiger partial charge in [0.15, 0.2) is 0 Å². The molecule has 20 heavy (non-hydrogen) atoms. The van der Waals surface area contributed by atoms with Gasteiger partial charge in [-0.25, -0.2) is 0 Å². The van der Waals surface area contributed by atoms with E-state index in [0.29, 0.717) is 13.1 Å². The molecule has 1 aromatic carbocycles. The van der Waals surface area contributed by atoms with E-state index in [-0.39, 0.29) is 22.6 Å². The van der Waals surface area contributed by atoms with Crippen molar-refractivity contribution in [3.05, 3.63) is 39.9 Å². The second-order valence-corrected chi connectivity index (χ2v) is 5.07. The van der Waals surface area contributed by atoms with Crippen LogP contribution >= 0.6 is 0 Å². The second-order valence-electron chi connectivity index (χ2n) is 5.07. The zero-order valence-electron chi connectivity index (χ0n) is 11.8. The third-order valence-electron chi connectivity index (χ3n) is 3.87. The predicted molar refractivity (Wildman–Crippen MR) is 75.3 cm³/mol. The summed E-state index contributed by atoms with van der Waals surface area (Å²) in [5.41, 5.74) is 1.06. The number of hydrogen-bond donors (Lipinski definition) is 0. The fourth-order valence-electron chi connectivity index (χ4n) is 2.53. The SMILES string of the molecule is CC(=O)N1CCN(C(C)c2cccc([N+](=O)[O-])c2)CC1. The fourth-order valence-corrected chi connectivity index (χ4v) is 2.53. The molecule has 0 saturated carbocycles. The summed E-state index contributed by atoms with van der Waals surface area (Å²) < 4.78 is 0. The zero-order valence-corrected chi connectivity index (χ0v) is 11.8. The van der Waals surface area contributed by atoms with Crippen LogP contribution in [0.3, 0.4) is 0 Å². The number of nitro benzene ring substituents is 1. The van der Waals surface area contributed by atoms with E-state index < -0.39 is 0 Å². The van der Waals surface area contributed by atoms with E-state index in [1.807, 2.05) is 17.9 Å². The highest BCUT2D eigenvalue weighted by atomic mass is 16.6. The van der Waals surface area contributed by atoms with Crippen molar-refractivity contribution in [2.75, 3.05) is 26.2 Å². The van der Waals surface area contributed by atoms with Gasteiger partial charge in [-0.05, 0) is 12.5 Å². The lowest BCUT2D eigenvalue weighted by Gasteiger charge is -2.37. The first-order chi connectivity index (χ1) is 9.49. The van der Waals surface area contributed by atoms with Gasteiger partial charge < -0.3 is 4.90 Å². The van der Waals surface area contributed by atoms with E-state index in [1.165, 1.54) is 6.07 Å². The molecule has 6 heteroatoms. The molecule has 0 aliphatic carbocycles. The largest absolute Gasteiger partial charge is 0.340 e. The molecule has 1 saturated heterocycles. The molecule has 1 aromatic rings. The molecule has 1 fully saturated rings. The highest BCUT2D eigenvalue weighted by molar-refractivity contribution is 5.73. The van der Waals surface area contributed by atoms with E-state index >= 15 is 0 Å². The predicted octanol–water partition coefficient (Wildman–Crippen LogP) is 1.82. The van der Waals surface area contributed by atoms with Gasteiger partial charge in [-0.2, -0.15) is 0 Å². The van der Waals surface area contributed by atoms with Gasteiger partial charge in [0.25, 0.3) is 5.69 Å². The minimum atomic E-state index is -0.371. The van der Waals surface area contributed by atoms with Crippen LogP contribution in [0.4, 0.5) is 5.69 Å². The van der Waals surface area contributed by atoms with Gasteiger partial charge in [0.2, 0.25) is 5.91 Å². The molecule has 0 bridgehead atoms. The Kier molecular flexibility index (Phi) is 4.34. The Morgan fingerprint density at radius 3 is 2.50 bits per heavy atom. The molecule has 108 valence electrons. The number of amides is 1. The van der Waals surface area contributed by atoms with Crippen LogP contribution in [0.2, 0.25) is 0 Å². The summed E-state index contributed by atoms with van der Waals surface area (Å²) >= 11 is 0. The number of piperazine rings is 1. The molecular formula is C14H19N3O3. The number of hydrogen-bond acceptors (Lipinski definition) is 4. The monoisotopic (exact) mass is 277 g/mol. The number of nitrogens with zero attached hydrogens (tertiary/aromatic N) is 3. The van der Waals surface area contributed by atoms with Crippen molar-refractivity contribution in [1.29, 1.82) is 0 Å². The first-order valence-electron chi connectivity index (χ1n) is 6.73. The Hall–Kier alpha value is -1.95. The molecule has 0 radical (unpaired) electrons. The van der Waals surface area contributed by atoms with Crippen LogP contribution in [0, 0.1) is 10.1 Å². The Bertz CT molecular complexity index is 510. The Morgan fingerprint density at radius 1 is 1.30 bits per heavy atom. The topological polar surface area (TPSA) is 66.7 Å². The molecule has 1 amide bonds. The molecule has 6 nitrogen and oxygen atoms in total. The van der Waals surface area contributed by atoms with Gasteiger partial charge >= 0.3 is 0 Å². The van der Waals surface area contributed by atoms with Crippen molar-refractivity contribution in [1.82, 2.24) is 9.80 Å². The molecule has 1 atom stereocenters. The second kappa shape index (κ2) is 6.00. The molecule has 0 spiro atoms. The van der Waals surface area contributed by atoms with Gasteiger partial charge in [0.1, 0.15) is 0 Å². The van der Waals surface area contributed by atoms with E-state index in [1.54, 1.807) is 19.1 Å². The van der Waals surface area contributed by atoms with Crippen LogP contribution in [-0.2, 0) is 4.79 Å². The number of carbonyl (C=O) groups excluding carboxylic acids is 1. The van der Waals surface area contributed by atoms with Crippen molar-refractivity contribution in [3.8, 4) is 0 Å². The lowest BCUT2D eigenvalue weighted by molar-refractivity contribution is -0.385. The molecule has 0 N–H and O–H groups in total. The number of benzene rings is 1.